The third kappa shape index (κ3) is 4.17. The second-order valence-corrected chi connectivity index (χ2v) is 8.77. The summed E-state index contributed by atoms with van der Waals surface area (Å²) in [6.07, 6.45) is 0.0199. The van der Waals surface area contributed by atoms with Gasteiger partial charge in [-0.1, -0.05) is 30.3 Å². The van der Waals surface area contributed by atoms with Crippen molar-refractivity contribution in [2.75, 3.05) is 6.26 Å². The number of hydrogen-bond donors (Lipinski definition) is 2. The summed E-state index contributed by atoms with van der Waals surface area (Å²) in [5.41, 5.74) is 0.642. The Labute approximate surface area is 153 Å². The number of sulfonamides is 1. The Hall–Kier alpha value is -2.09. The Morgan fingerprint density at radius 2 is 1.88 bits per heavy atom. The lowest BCUT2D eigenvalue weighted by Gasteiger charge is -2.42. The zero-order valence-electron chi connectivity index (χ0n) is 15.0. The van der Waals surface area contributed by atoms with Gasteiger partial charge in [-0.2, -0.15) is 0 Å². The highest BCUT2D eigenvalue weighted by atomic mass is 32.2. The predicted octanol–water partition coefficient (Wildman–Crippen LogP) is 2.39. The van der Waals surface area contributed by atoms with Crippen molar-refractivity contribution in [2.24, 2.45) is 0 Å². The second kappa shape index (κ2) is 6.90. The van der Waals surface area contributed by atoms with Gasteiger partial charge in [0, 0.05) is 5.56 Å². The van der Waals surface area contributed by atoms with E-state index in [4.69, 9.17) is 9.47 Å². The smallest absolute Gasteiger partial charge is 0.209 e. The molecule has 0 unspecified atom stereocenters. The normalized spacial score (nSPS) is 21.5. The van der Waals surface area contributed by atoms with Crippen LogP contribution in [-0.2, 0) is 16.6 Å². The first kappa shape index (κ1) is 18.7. The first-order valence-corrected chi connectivity index (χ1v) is 10.2. The Kier molecular flexibility index (Phi) is 4.96. The molecule has 1 aliphatic rings. The molecule has 2 atom stereocenters. The maximum Gasteiger partial charge on any atom is 0.209 e. The lowest BCUT2D eigenvalue weighted by Crippen LogP contribution is -2.53. The zero-order valence-corrected chi connectivity index (χ0v) is 15.8. The molecule has 0 spiro atoms. The average Bonchev–Trinajstić information content (AvgIpc) is 2.57. The molecule has 0 bridgehead atoms. The number of hydrogen-bond acceptors (Lipinski definition) is 5. The summed E-state index contributed by atoms with van der Waals surface area (Å²) in [5, 5.41) is 10.6. The van der Waals surface area contributed by atoms with Crippen molar-refractivity contribution in [1.82, 2.24) is 4.72 Å². The molecule has 2 N–H and O–H groups in total. The highest BCUT2D eigenvalue weighted by Gasteiger charge is 2.44. The topological polar surface area (TPSA) is 84.9 Å². The van der Waals surface area contributed by atoms with E-state index in [0.29, 0.717) is 23.7 Å². The molecule has 0 aliphatic carbocycles. The van der Waals surface area contributed by atoms with Gasteiger partial charge in [0.2, 0.25) is 10.0 Å². The quantitative estimate of drug-likeness (QED) is 0.836. The van der Waals surface area contributed by atoms with E-state index in [1.54, 1.807) is 32.0 Å². The van der Waals surface area contributed by atoms with Crippen LogP contribution in [0.1, 0.15) is 31.0 Å². The van der Waals surface area contributed by atoms with Gasteiger partial charge in [0.15, 0.2) is 0 Å². The minimum Gasteiger partial charge on any atom is -0.489 e. The highest BCUT2D eigenvalue weighted by molar-refractivity contribution is 7.88. The summed E-state index contributed by atoms with van der Waals surface area (Å²) < 4.78 is 37.7. The van der Waals surface area contributed by atoms with Crippen molar-refractivity contribution in [2.45, 2.75) is 38.2 Å². The standard InChI is InChI=1S/C19H23NO5S/c1-19(2)18(21)17(20-26(3,22)23)15-11-14(9-10-16(15)25-19)24-12-13-7-5-4-6-8-13/h4-11,17-18,20-21H,12H2,1-3H3/t17-,18+/m1/s1. The molecule has 3 rings (SSSR count). The van der Waals surface area contributed by atoms with Gasteiger partial charge in [-0.05, 0) is 37.6 Å². The molecule has 6 nitrogen and oxygen atoms in total. The first-order valence-electron chi connectivity index (χ1n) is 8.31. The Balaban J connectivity index is 1.90. The number of ether oxygens (including phenoxy) is 2. The van der Waals surface area contributed by atoms with E-state index in [1.807, 2.05) is 30.3 Å². The Bertz CT molecular complexity index is 880. The molecular weight excluding hydrogens is 354 g/mol. The van der Waals surface area contributed by atoms with E-state index in [1.165, 1.54) is 0 Å². The van der Waals surface area contributed by atoms with Crippen LogP contribution >= 0.6 is 0 Å². The van der Waals surface area contributed by atoms with Crippen LogP contribution < -0.4 is 14.2 Å². The van der Waals surface area contributed by atoms with Crippen LogP contribution in [0, 0.1) is 0 Å². The maximum absolute atomic E-state index is 11.8. The molecule has 0 saturated carbocycles. The number of aliphatic hydroxyl groups excluding tert-OH is 1. The third-order valence-corrected chi connectivity index (χ3v) is 4.99. The lowest BCUT2D eigenvalue weighted by atomic mass is 9.87. The minimum absolute atomic E-state index is 0.388. The molecule has 2 aromatic rings. The summed E-state index contributed by atoms with van der Waals surface area (Å²) >= 11 is 0. The van der Waals surface area contributed by atoms with Crippen molar-refractivity contribution in [1.29, 1.82) is 0 Å². The number of nitrogens with one attached hydrogen (secondary N) is 1. The number of rotatable bonds is 5. The van der Waals surface area contributed by atoms with E-state index in [-0.39, 0.29) is 0 Å². The van der Waals surface area contributed by atoms with Gasteiger partial charge in [-0.3, -0.25) is 0 Å². The van der Waals surface area contributed by atoms with Crippen LogP contribution in [0.3, 0.4) is 0 Å². The van der Waals surface area contributed by atoms with Crippen LogP contribution in [0.5, 0.6) is 11.5 Å². The fourth-order valence-corrected chi connectivity index (χ4v) is 3.68. The second-order valence-electron chi connectivity index (χ2n) is 6.99. The molecule has 140 valence electrons. The predicted molar refractivity (Wildman–Crippen MR) is 98.7 cm³/mol. The summed E-state index contributed by atoms with van der Waals surface area (Å²) in [6.45, 7) is 3.83. The fraction of sp³-hybridized carbons (Fsp3) is 0.368. The SMILES string of the molecule is CC1(C)Oc2ccc(OCc3ccccc3)cc2[C@@H](NS(C)(=O)=O)[C@@H]1O. The van der Waals surface area contributed by atoms with Crippen LogP contribution in [0.4, 0.5) is 0 Å². The van der Waals surface area contributed by atoms with Gasteiger partial charge in [0.25, 0.3) is 0 Å². The average molecular weight is 377 g/mol. The Morgan fingerprint density at radius 3 is 2.54 bits per heavy atom. The largest absolute Gasteiger partial charge is 0.489 e. The van der Waals surface area contributed by atoms with Crippen molar-refractivity contribution >= 4 is 10.0 Å². The summed E-state index contributed by atoms with van der Waals surface area (Å²) in [5.74, 6) is 1.09. The van der Waals surface area contributed by atoms with Crippen molar-refractivity contribution in [3.05, 3.63) is 59.7 Å². The van der Waals surface area contributed by atoms with Crippen LogP contribution in [0.15, 0.2) is 48.5 Å². The fourth-order valence-electron chi connectivity index (χ4n) is 2.97. The molecule has 0 saturated heterocycles. The molecule has 7 heteroatoms. The number of fused-ring (bicyclic) bond motifs is 1. The molecule has 0 aromatic heterocycles. The first-order chi connectivity index (χ1) is 12.2. The van der Waals surface area contributed by atoms with Gasteiger partial charge in [0.1, 0.15) is 29.8 Å². The monoisotopic (exact) mass is 377 g/mol. The molecule has 26 heavy (non-hydrogen) atoms. The van der Waals surface area contributed by atoms with Crippen molar-refractivity contribution in [3.8, 4) is 11.5 Å². The summed E-state index contributed by atoms with van der Waals surface area (Å²) in [4.78, 5) is 0. The van der Waals surface area contributed by atoms with Gasteiger partial charge in [-0.15, -0.1) is 0 Å². The number of benzene rings is 2. The van der Waals surface area contributed by atoms with E-state index < -0.39 is 27.8 Å². The maximum atomic E-state index is 11.8. The van der Waals surface area contributed by atoms with E-state index in [9.17, 15) is 13.5 Å². The van der Waals surface area contributed by atoms with Crippen LogP contribution in [0.2, 0.25) is 0 Å². The zero-order chi connectivity index (χ0) is 18.9. The minimum atomic E-state index is -3.52. The van der Waals surface area contributed by atoms with Crippen LogP contribution in [-0.4, -0.2) is 31.5 Å². The third-order valence-electron chi connectivity index (χ3n) is 4.31. The van der Waals surface area contributed by atoms with Crippen molar-refractivity contribution in [3.63, 3.8) is 0 Å². The summed E-state index contributed by atoms with van der Waals surface area (Å²) in [6, 6.07) is 14.1. The molecule has 0 amide bonds. The van der Waals surface area contributed by atoms with Gasteiger partial charge < -0.3 is 14.6 Å². The number of aliphatic hydroxyl groups is 1. The molecule has 2 aromatic carbocycles. The Morgan fingerprint density at radius 1 is 1.19 bits per heavy atom. The van der Waals surface area contributed by atoms with Crippen LogP contribution in [0.25, 0.3) is 0 Å². The summed E-state index contributed by atoms with van der Waals surface area (Å²) in [7, 11) is -3.52. The van der Waals surface area contributed by atoms with Gasteiger partial charge in [-0.25, -0.2) is 13.1 Å². The lowest BCUT2D eigenvalue weighted by molar-refractivity contribution is -0.0603. The van der Waals surface area contributed by atoms with E-state index in [2.05, 4.69) is 4.72 Å². The molecule has 1 aliphatic heterocycles. The van der Waals surface area contributed by atoms with E-state index >= 15 is 0 Å². The highest BCUT2D eigenvalue weighted by Crippen LogP contribution is 2.41. The van der Waals surface area contributed by atoms with E-state index in [0.717, 1.165) is 11.8 Å². The van der Waals surface area contributed by atoms with Crippen molar-refractivity contribution < 1.29 is 23.0 Å². The molecule has 0 radical (unpaired) electrons. The molecule has 1 heterocycles. The van der Waals surface area contributed by atoms with Gasteiger partial charge in [0.05, 0.1) is 12.3 Å². The molecule has 0 fully saturated rings. The van der Waals surface area contributed by atoms with Gasteiger partial charge >= 0.3 is 0 Å². The molecular formula is C19H23NO5S.